The summed E-state index contributed by atoms with van der Waals surface area (Å²) in [7, 11) is 3.10. The van der Waals surface area contributed by atoms with Crippen molar-refractivity contribution in [3.05, 3.63) is 120 Å². The highest BCUT2D eigenvalue weighted by Gasteiger charge is 2.35. The maximum absolute atomic E-state index is 14.0. The van der Waals surface area contributed by atoms with Gasteiger partial charge in [-0.2, -0.15) is 0 Å². The number of allylic oxidation sites excluding steroid dienone is 1. The summed E-state index contributed by atoms with van der Waals surface area (Å²) in [5, 5.41) is 0. The molecule has 1 atom stereocenters. The van der Waals surface area contributed by atoms with Gasteiger partial charge in [0.25, 0.3) is 5.56 Å². The number of esters is 1. The number of carbonyl (C=O) groups excluding carboxylic acids is 1. The number of methoxy groups -OCH3 is 2. The fourth-order valence-electron chi connectivity index (χ4n) is 4.72. The summed E-state index contributed by atoms with van der Waals surface area (Å²) >= 11 is 1.26. The number of nitrogens with zero attached hydrogens (tertiary/aromatic N) is 2. The van der Waals surface area contributed by atoms with Crippen LogP contribution in [0.3, 0.4) is 0 Å². The molecule has 0 amide bonds. The molecule has 8 nitrogen and oxygen atoms in total. The van der Waals surface area contributed by atoms with Crippen LogP contribution in [-0.2, 0) is 16.1 Å². The summed E-state index contributed by atoms with van der Waals surface area (Å²) in [5.74, 6) is 1.22. The van der Waals surface area contributed by atoms with Gasteiger partial charge in [-0.05, 0) is 55.3 Å². The predicted octanol–water partition coefficient (Wildman–Crippen LogP) is 4.39. The Hall–Kier alpha value is -4.63. The summed E-state index contributed by atoms with van der Waals surface area (Å²) in [6.45, 7) is 4.12. The molecular weight excluding hydrogens is 540 g/mol. The van der Waals surface area contributed by atoms with Gasteiger partial charge in [-0.1, -0.05) is 53.8 Å². The zero-order valence-corrected chi connectivity index (χ0v) is 24.1. The fourth-order valence-corrected chi connectivity index (χ4v) is 5.76. The van der Waals surface area contributed by atoms with Crippen molar-refractivity contribution < 1.29 is 23.7 Å². The van der Waals surface area contributed by atoms with Gasteiger partial charge in [0.05, 0.1) is 36.6 Å². The van der Waals surface area contributed by atoms with Gasteiger partial charge in [0.15, 0.2) is 4.80 Å². The molecule has 0 N–H and O–H groups in total. The summed E-state index contributed by atoms with van der Waals surface area (Å²) in [5.41, 5.74) is 2.98. The van der Waals surface area contributed by atoms with Crippen molar-refractivity contribution in [2.45, 2.75) is 26.5 Å². The van der Waals surface area contributed by atoms with Crippen LogP contribution in [0.5, 0.6) is 17.2 Å². The molecule has 210 valence electrons. The molecule has 3 aromatic carbocycles. The second-order valence-electron chi connectivity index (χ2n) is 9.26. The number of rotatable bonds is 9. The van der Waals surface area contributed by atoms with Gasteiger partial charge >= 0.3 is 5.97 Å². The van der Waals surface area contributed by atoms with Gasteiger partial charge in [-0.25, -0.2) is 9.79 Å². The highest BCUT2D eigenvalue weighted by atomic mass is 32.1. The Balaban J connectivity index is 1.60. The maximum atomic E-state index is 14.0. The molecule has 1 aliphatic rings. The van der Waals surface area contributed by atoms with Crippen LogP contribution in [0.2, 0.25) is 0 Å². The summed E-state index contributed by atoms with van der Waals surface area (Å²) < 4.78 is 24.4. The number of thiazole rings is 1. The van der Waals surface area contributed by atoms with Crippen molar-refractivity contribution in [3.63, 3.8) is 0 Å². The molecule has 5 rings (SSSR count). The van der Waals surface area contributed by atoms with Crippen LogP contribution in [0, 0.1) is 0 Å². The number of carbonyl (C=O) groups is 1. The van der Waals surface area contributed by atoms with E-state index in [-0.39, 0.29) is 17.7 Å². The molecule has 0 aliphatic carbocycles. The van der Waals surface area contributed by atoms with Crippen molar-refractivity contribution >= 4 is 23.4 Å². The Kier molecular flexibility index (Phi) is 8.35. The zero-order valence-electron chi connectivity index (χ0n) is 23.2. The largest absolute Gasteiger partial charge is 0.497 e. The third-order valence-corrected chi connectivity index (χ3v) is 7.64. The minimum absolute atomic E-state index is 0.190. The molecule has 41 heavy (non-hydrogen) atoms. The number of benzene rings is 3. The lowest BCUT2D eigenvalue weighted by molar-refractivity contribution is -0.139. The molecule has 0 unspecified atom stereocenters. The van der Waals surface area contributed by atoms with Gasteiger partial charge in [-0.3, -0.25) is 9.36 Å². The maximum Gasteiger partial charge on any atom is 0.338 e. The first-order valence-electron chi connectivity index (χ1n) is 13.1. The van der Waals surface area contributed by atoms with E-state index in [1.165, 1.54) is 23.0 Å². The van der Waals surface area contributed by atoms with Crippen LogP contribution >= 0.6 is 11.3 Å². The van der Waals surface area contributed by atoms with Crippen molar-refractivity contribution in [2.24, 2.45) is 4.99 Å². The van der Waals surface area contributed by atoms with Gasteiger partial charge in [0, 0.05) is 11.6 Å². The van der Waals surface area contributed by atoms with E-state index in [1.54, 1.807) is 39.2 Å². The Bertz CT molecular complexity index is 1790. The van der Waals surface area contributed by atoms with Crippen LogP contribution < -0.4 is 29.1 Å². The minimum atomic E-state index is -0.797. The van der Waals surface area contributed by atoms with Gasteiger partial charge in [0.1, 0.15) is 29.9 Å². The van der Waals surface area contributed by atoms with Crippen LogP contribution in [-0.4, -0.2) is 31.4 Å². The molecule has 0 spiro atoms. The lowest BCUT2D eigenvalue weighted by atomic mass is 9.95. The minimum Gasteiger partial charge on any atom is -0.497 e. The number of ether oxygens (including phenoxy) is 4. The topological polar surface area (TPSA) is 88.4 Å². The van der Waals surface area contributed by atoms with Crippen molar-refractivity contribution in [3.8, 4) is 17.2 Å². The highest BCUT2D eigenvalue weighted by molar-refractivity contribution is 7.07. The summed E-state index contributed by atoms with van der Waals surface area (Å²) in [4.78, 5) is 32.3. The zero-order chi connectivity index (χ0) is 28.9. The van der Waals surface area contributed by atoms with E-state index in [9.17, 15) is 9.59 Å². The van der Waals surface area contributed by atoms with Crippen molar-refractivity contribution in [1.29, 1.82) is 0 Å². The first kappa shape index (κ1) is 27.9. The van der Waals surface area contributed by atoms with Gasteiger partial charge in [0.2, 0.25) is 0 Å². The number of aromatic nitrogens is 1. The number of fused-ring (bicyclic) bond motifs is 1. The third-order valence-electron chi connectivity index (χ3n) is 6.66. The lowest BCUT2D eigenvalue weighted by Crippen LogP contribution is -2.40. The van der Waals surface area contributed by atoms with E-state index >= 15 is 0 Å². The molecule has 0 fully saturated rings. The van der Waals surface area contributed by atoms with E-state index in [0.29, 0.717) is 44.4 Å². The van der Waals surface area contributed by atoms with Gasteiger partial charge < -0.3 is 18.9 Å². The Morgan fingerprint density at radius 3 is 2.54 bits per heavy atom. The number of hydrogen-bond acceptors (Lipinski definition) is 8. The van der Waals surface area contributed by atoms with E-state index < -0.39 is 12.0 Å². The Morgan fingerprint density at radius 2 is 1.80 bits per heavy atom. The van der Waals surface area contributed by atoms with E-state index in [4.69, 9.17) is 18.9 Å². The molecule has 0 saturated heterocycles. The molecular formula is C32H30N2O6S. The fraction of sp³-hybridized carbons (Fsp3) is 0.219. The Labute approximate surface area is 241 Å². The second kappa shape index (κ2) is 12.3. The normalized spacial score (nSPS) is 14.7. The third kappa shape index (κ3) is 5.81. The quantitative estimate of drug-likeness (QED) is 0.277. The molecule has 1 aliphatic heterocycles. The molecule has 0 radical (unpaired) electrons. The van der Waals surface area contributed by atoms with E-state index in [2.05, 4.69) is 4.99 Å². The smallest absolute Gasteiger partial charge is 0.338 e. The SMILES string of the molecule is CCOC(=O)C1=C(C)N=c2s/c(=C\c3cccc(OCc4ccccc4)c3)c(=O)n2[C@H]1c1ccc(OC)cc1OC. The van der Waals surface area contributed by atoms with Crippen molar-refractivity contribution in [1.82, 2.24) is 4.57 Å². The molecule has 2 heterocycles. The standard InChI is InChI=1S/C32H30N2O6S/c1-5-39-31(36)28-20(2)33-32-34(29(28)25-15-14-23(37-3)18-26(25)38-4)30(35)27(41-32)17-22-12-9-13-24(16-22)40-19-21-10-7-6-8-11-21/h6-18,29H,5,19H2,1-4H3/b27-17-/t29-/m0/s1. The lowest BCUT2D eigenvalue weighted by Gasteiger charge is -2.26. The molecule has 4 aromatic rings. The molecule has 0 bridgehead atoms. The monoisotopic (exact) mass is 570 g/mol. The van der Waals surface area contributed by atoms with E-state index in [0.717, 1.165) is 11.1 Å². The van der Waals surface area contributed by atoms with Crippen molar-refractivity contribution in [2.75, 3.05) is 20.8 Å². The first-order chi connectivity index (χ1) is 19.9. The molecule has 1 aromatic heterocycles. The summed E-state index contributed by atoms with van der Waals surface area (Å²) in [6, 6.07) is 22.0. The van der Waals surface area contributed by atoms with E-state index in [1.807, 2.05) is 60.7 Å². The average molecular weight is 571 g/mol. The van der Waals surface area contributed by atoms with Crippen LogP contribution in [0.4, 0.5) is 0 Å². The van der Waals surface area contributed by atoms with Crippen LogP contribution in [0.1, 0.15) is 36.6 Å². The second-order valence-corrected chi connectivity index (χ2v) is 10.3. The van der Waals surface area contributed by atoms with Gasteiger partial charge in [-0.15, -0.1) is 0 Å². The predicted molar refractivity (Wildman–Crippen MR) is 157 cm³/mol. The molecule has 9 heteroatoms. The first-order valence-corrected chi connectivity index (χ1v) is 13.9. The summed E-state index contributed by atoms with van der Waals surface area (Å²) in [6.07, 6.45) is 1.81. The Morgan fingerprint density at radius 1 is 1.00 bits per heavy atom. The average Bonchev–Trinajstić information content (AvgIpc) is 3.29. The number of hydrogen-bond donors (Lipinski definition) is 0. The van der Waals surface area contributed by atoms with Crippen LogP contribution in [0.25, 0.3) is 6.08 Å². The van der Waals surface area contributed by atoms with Crippen LogP contribution in [0.15, 0.2) is 93.9 Å². The molecule has 0 saturated carbocycles. The highest BCUT2D eigenvalue weighted by Crippen LogP contribution is 2.37.